The van der Waals surface area contributed by atoms with Crippen molar-refractivity contribution in [2.75, 3.05) is 0 Å². The molecule has 0 unspecified atom stereocenters. The summed E-state index contributed by atoms with van der Waals surface area (Å²) in [5.74, 6) is 0.829. The molecule has 0 bridgehead atoms. The molecule has 0 saturated heterocycles. The lowest BCUT2D eigenvalue weighted by Gasteiger charge is -2.08. The molecule has 1 aliphatic carbocycles. The second-order valence-corrected chi connectivity index (χ2v) is 6.32. The maximum Gasteiger partial charge on any atom is 0.194 e. The summed E-state index contributed by atoms with van der Waals surface area (Å²) < 4.78 is 5.87. The van der Waals surface area contributed by atoms with Crippen LogP contribution >= 0.6 is 0 Å². The Morgan fingerprint density at radius 3 is 2.42 bits per heavy atom. The molecule has 0 amide bonds. The lowest BCUT2D eigenvalue weighted by molar-refractivity contribution is 0.104. The van der Waals surface area contributed by atoms with E-state index in [4.69, 9.17) is 4.74 Å². The molecule has 0 spiro atoms. The normalized spacial score (nSPS) is 12.0. The SMILES string of the molecule is Cc1cc(C)c2c(c1)-c1ccc(OCc3ccccc3)cc1C2=O. The van der Waals surface area contributed by atoms with E-state index in [-0.39, 0.29) is 5.78 Å². The molecule has 24 heavy (non-hydrogen) atoms. The summed E-state index contributed by atoms with van der Waals surface area (Å²) in [6, 6.07) is 20.0. The zero-order chi connectivity index (χ0) is 16.7. The summed E-state index contributed by atoms with van der Waals surface area (Å²) in [6.45, 7) is 4.56. The van der Waals surface area contributed by atoms with Crippen molar-refractivity contribution in [1.29, 1.82) is 0 Å². The Morgan fingerprint density at radius 2 is 1.62 bits per heavy atom. The minimum absolute atomic E-state index is 0.0997. The second-order valence-electron chi connectivity index (χ2n) is 6.32. The van der Waals surface area contributed by atoms with Gasteiger partial charge in [-0.05, 0) is 54.3 Å². The van der Waals surface area contributed by atoms with Gasteiger partial charge in [-0.3, -0.25) is 4.79 Å². The quantitative estimate of drug-likeness (QED) is 0.526. The highest BCUT2D eigenvalue weighted by atomic mass is 16.5. The van der Waals surface area contributed by atoms with E-state index in [0.717, 1.165) is 39.1 Å². The first kappa shape index (κ1) is 14.7. The van der Waals surface area contributed by atoms with Gasteiger partial charge >= 0.3 is 0 Å². The first-order chi connectivity index (χ1) is 11.6. The molecular formula is C22H18O2. The van der Waals surface area contributed by atoms with Crippen LogP contribution in [0.3, 0.4) is 0 Å². The van der Waals surface area contributed by atoms with Gasteiger partial charge in [0.1, 0.15) is 12.4 Å². The van der Waals surface area contributed by atoms with Crippen molar-refractivity contribution in [2.24, 2.45) is 0 Å². The summed E-state index contributed by atoms with van der Waals surface area (Å²) in [5.41, 5.74) is 6.95. The van der Waals surface area contributed by atoms with Gasteiger partial charge in [0.05, 0.1) is 0 Å². The number of carbonyl (C=O) groups is 1. The van der Waals surface area contributed by atoms with Crippen molar-refractivity contribution in [3.8, 4) is 16.9 Å². The molecule has 0 atom stereocenters. The molecule has 118 valence electrons. The van der Waals surface area contributed by atoms with Crippen LogP contribution in [0, 0.1) is 13.8 Å². The fourth-order valence-electron chi connectivity index (χ4n) is 3.39. The fraction of sp³-hybridized carbons (Fsp3) is 0.136. The zero-order valence-electron chi connectivity index (χ0n) is 13.8. The smallest absolute Gasteiger partial charge is 0.194 e. The average Bonchev–Trinajstić information content (AvgIpc) is 2.86. The Balaban J connectivity index is 1.67. The van der Waals surface area contributed by atoms with Gasteiger partial charge in [-0.25, -0.2) is 0 Å². The maximum atomic E-state index is 12.8. The third-order valence-electron chi connectivity index (χ3n) is 4.48. The highest BCUT2D eigenvalue weighted by Gasteiger charge is 2.28. The van der Waals surface area contributed by atoms with Gasteiger partial charge in [-0.2, -0.15) is 0 Å². The van der Waals surface area contributed by atoms with Crippen molar-refractivity contribution in [1.82, 2.24) is 0 Å². The van der Waals surface area contributed by atoms with Crippen LogP contribution in [0.25, 0.3) is 11.1 Å². The molecule has 0 aliphatic heterocycles. The van der Waals surface area contributed by atoms with Crippen molar-refractivity contribution >= 4 is 5.78 Å². The van der Waals surface area contributed by atoms with E-state index in [9.17, 15) is 4.79 Å². The van der Waals surface area contributed by atoms with Crippen LogP contribution < -0.4 is 4.74 Å². The van der Waals surface area contributed by atoms with E-state index in [1.54, 1.807) is 0 Å². The lowest BCUT2D eigenvalue weighted by Crippen LogP contribution is -2.00. The number of fused-ring (bicyclic) bond motifs is 3. The van der Waals surface area contributed by atoms with Gasteiger partial charge in [-0.1, -0.05) is 48.0 Å². The van der Waals surface area contributed by atoms with Crippen LogP contribution in [0.2, 0.25) is 0 Å². The molecule has 0 heterocycles. The Labute approximate surface area is 141 Å². The molecule has 3 aromatic carbocycles. The predicted molar refractivity (Wildman–Crippen MR) is 95.6 cm³/mol. The number of hydrogen-bond acceptors (Lipinski definition) is 2. The third-order valence-corrected chi connectivity index (χ3v) is 4.48. The summed E-state index contributed by atoms with van der Waals surface area (Å²) in [5, 5.41) is 0. The third kappa shape index (κ3) is 2.41. The first-order valence-electron chi connectivity index (χ1n) is 8.10. The molecule has 0 aromatic heterocycles. The molecule has 1 aliphatic rings. The molecule has 2 nitrogen and oxygen atoms in total. The van der Waals surface area contributed by atoms with Gasteiger partial charge in [-0.15, -0.1) is 0 Å². The van der Waals surface area contributed by atoms with E-state index >= 15 is 0 Å². The predicted octanol–water partition coefficient (Wildman–Crippen LogP) is 5.09. The van der Waals surface area contributed by atoms with E-state index < -0.39 is 0 Å². The maximum absolute atomic E-state index is 12.8. The second kappa shape index (κ2) is 5.64. The highest BCUT2D eigenvalue weighted by molar-refractivity contribution is 6.22. The number of carbonyl (C=O) groups excluding carboxylic acids is 1. The monoisotopic (exact) mass is 314 g/mol. The topological polar surface area (TPSA) is 26.3 Å². The van der Waals surface area contributed by atoms with Crippen molar-refractivity contribution in [2.45, 2.75) is 20.5 Å². The summed E-state index contributed by atoms with van der Waals surface area (Å²) in [7, 11) is 0. The number of hydrogen-bond donors (Lipinski definition) is 0. The van der Waals surface area contributed by atoms with Crippen LogP contribution in [0.1, 0.15) is 32.6 Å². The van der Waals surface area contributed by atoms with Crippen LogP contribution in [0.5, 0.6) is 5.75 Å². The summed E-state index contributed by atoms with van der Waals surface area (Å²) >= 11 is 0. The number of ketones is 1. The van der Waals surface area contributed by atoms with Crippen LogP contribution in [0.15, 0.2) is 60.7 Å². The van der Waals surface area contributed by atoms with Crippen molar-refractivity contribution in [3.05, 3.63) is 88.5 Å². The first-order valence-corrected chi connectivity index (χ1v) is 8.10. The zero-order valence-corrected chi connectivity index (χ0v) is 13.8. The minimum Gasteiger partial charge on any atom is -0.489 e. The molecule has 0 saturated carbocycles. The fourth-order valence-corrected chi connectivity index (χ4v) is 3.39. The molecule has 4 rings (SSSR count). The molecule has 0 radical (unpaired) electrons. The summed E-state index contributed by atoms with van der Waals surface area (Å²) in [4.78, 5) is 12.8. The molecule has 0 fully saturated rings. The Bertz CT molecular complexity index is 940. The van der Waals surface area contributed by atoms with Crippen molar-refractivity contribution < 1.29 is 9.53 Å². The van der Waals surface area contributed by atoms with Gasteiger partial charge in [0.25, 0.3) is 0 Å². The lowest BCUT2D eigenvalue weighted by atomic mass is 9.99. The summed E-state index contributed by atoms with van der Waals surface area (Å²) in [6.07, 6.45) is 0. The molecule has 3 aromatic rings. The van der Waals surface area contributed by atoms with Crippen LogP contribution in [0.4, 0.5) is 0 Å². The van der Waals surface area contributed by atoms with Gasteiger partial charge in [0.15, 0.2) is 5.78 Å². The molecule has 2 heteroatoms. The number of benzene rings is 3. The Hall–Kier alpha value is -2.87. The molecular weight excluding hydrogens is 296 g/mol. The largest absolute Gasteiger partial charge is 0.489 e. The van der Waals surface area contributed by atoms with E-state index in [2.05, 4.69) is 19.1 Å². The number of rotatable bonds is 3. The highest BCUT2D eigenvalue weighted by Crippen LogP contribution is 2.40. The van der Waals surface area contributed by atoms with Gasteiger partial charge in [0, 0.05) is 11.1 Å². The average molecular weight is 314 g/mol. The van der Waals surface area contributed by atoms with E-state index in [1.165, 1.54) is 5.56 Å². The van der Waals surface area contributed by atoms with Gasteiger partial charge in [0.2, 0.25) is 0 Å². The number of aryl methyl sites for hydroxylation is 2. The van der Waals surface area contributed by atoms with Crippen LogP contribution in [-0.4, -0.2) is 5.78 Å². The van der Waals surface area contributed by atoms with E-state index in [0.29, 0.717) is 6.61 Å². The van der Waals surface area contributed by atoms with E-state index in [1.807, 2.05) is 55.5 Å². The Kier molecular flexibility index (Phi) is 3.46. The standard InChI is InChI=1S/C22H18O2/c1-14-10-15(2)21-19(11-14)18-9-8-17(12-20(18)22(21)23)24-13-16-6-4-3-5-7-16/h3-12H,13H2,1-2H3. The van der Waals surface area contributed by atoms with Gasteiger partial charge < -0.3 is 4.74 Å². The molecule has 0 N–H and O–H groups in total. The minimum atomic E-state index is 0.0997. The van der Waals surface area contributed by atoms with Crippen molar-refractivity contribution in [3.63, 3.8) is 0 Å². The Morgan fingerprint density at radius 1 is 0.833 bits per heavy atom. The van der Waals surface area contributed by atoms with Crippen LogP contribution in [-0.2, 0) is 6.61 Å². The number of ether oxygens (including phenoxy) is 1.